The lowest BCUT2D eigenvalue weighted by molar-refractivity contribution is 0.0278. The molecule has 1 fully saturated rings. The average molecular weight is 299 g/mol. The molecule has 1 heterocycles. The van der Waals surface area contributed by atoms with Crippen LogP contribution < -0.4 is 5.32 Å². The summed E-state index contributed by atoms with van der Waals surface area (Å²) in [5.41, 5.74) is 0. The highest BCUT2D eigenvalue weighted by Gasteiger charge is 2.26. The van der Waals surface area contributed by atoms with E-state index in [9.17, 15) is 5.11 Å². The van der Waals surface area contributed by atoms with Crippen molar-refractivity contribution in [2.24, 2.45) is 5.92 Å². The Hall–Kier alpha value is -0.460. The standard InChI is InChI=1S/C15H25NO3S/c17-7-6-12-3-1-5-15(12)16-9-13(18)10-19-11-14-4-2-8-20-14/h2,4,8,12-13,15-18H,1,3,5-7,9-11H2/t12-,13-,15+/m0/s1. The van der Waals surface area contributed by atoms with Crippen molar-refractivity contribution in [3.05, 3.63) is 22.4 Å². The van der Waals surface area contributed by atoms with E-state index in [-0.39, 0.29) is 6.61 Å². The summed E-state index contributed by atoms with van der Waals surface area (Å²) in [6, 6.07) is 4.48. The van der Waals surface area contributed by atoms with Crippen molar-refractivity contribution in [3.8, 4) is 0 Å². The second kappa shape index (κ2) is 8.74. The van der Waals surface area contributed by atoms with E-state index >= 15 is 0 Å². The van der Waals surface area contributed by atoms with Gasteiger partial charge in [-0.25, -0.2) is 0 Å². The fourth-order valence-corrected chi connectivity index (χ4v) is 3.49. The molecule has 3 atom stereocenters. The van der Waals surface area contributed by atoms with Gasteiger partial charge in [0, 0.05) is 24.1 Å². The third kappa shape index (κ3) is 5.14. The molecule has 1 aromatic rings. The zero-order valence-electron chi connectivity index (χ0n) is 11.8. The van der Waals surface area contributed by atoms with Crippen LogP contribution in [0.1, 0.15) is 30.6 Å². The predicted octanol–water partition coefficient (Wildman–Crippen LogP) is 1.77. The molecule has 114 valence electrons. The quantitative estimate of drug-likeness (QED) is 0.650. The van der Waals surface area contributed by atoms with Gasteiger partial charge in [-0.2, -0.15) is 0 Å². The van der Waals surface area contributed by atoms with Crippen LogP contribution in [-0.2, 0) is 11.3 Å². The Morgan fingerprint density at radius 1 is 1.45 bits per heavy atom. The summed E-state index contributed by atoms with van der Waals surface area (Å²) >= 11 is 1.67. The Balaban J connectivity index is 1.58. The van der Waals surface area contributed by atoms with E-state index in [1.165, 1.54) is 17.7 Å². The molecule has 1 aliphatic rings. The number of aliphatic hydroxyl groups is 2. The van der Waals surface area contributed by atoms with Crippen molar-refractivity contribution in [1.29, 1.82) is 0 Å². The van der Waals surface area contributed by atoms with Gasteiger partial charge in [0.25, 0.3) is 0 Å². The van der Waals surface area contributed by atoms with E-state index in [2.05, 4.69) is 5.32 Å². The Bertz CT molecular complexity index is 358. The number of aliphatic hydroxyl groups excluding tert-OH is 2. The van der Waals surface area contributed by atoms with E-state index in [0.717, 1.165) is 12.8 Å². The molecule has 4 nitrogen and oxygen atoms in total. The summed E-state index contributed by atoms with van der Waals surface area (Å²) in [7, 11) is 0. The second-order valence-corrected chi connectivity index (χ2v) is 6.50. The van der Waals surface area contributed by atoms with Gasteiger partial charge in [0.05, 0.1) is 19.3 Å². The smallest absolute Gasteiger partial charge is 0.0897 e. The largest absolute Gasteiger partial charge is 0.396 e. The van der Waals surface area contributed by atoms with Crippen molar-refractivity contribution >= 4 is 11.3 Å². The van der Waals surface area contributed by atoms with Crippen LogP contribution in [0.5, 0.6) is 0 Å². The molecule has 1 aliphatic carbocycles. The van der Waals surface area contributed by atoms with Crippen molar-refractivity contribution in [2.75, 3.05) is 19.8 Å². The Morgan fingerprint density at radius 3 is 3.10 bits per heavy atom. The first kappa shape index (κ1) is 15.9. The first-order valence-electron chi connectivity index (χ1n) is 7.42. The van der Waals surface area contributed by atoms with E-state index in [1.54, 1.807) is 11.3 Å². The minimum absolute atomic E-state index is 0.259. The van der Waals surface area contributed by atoms with E-state index in [4.69, 9.17) is 9.84 Å². The molecular formula is C15H25NO3S. The van der Waals surface area contributed by atoms with Crippen LogP contribution in [0.4, 0.5) is 0 Å². The highest BCUT2D eigenvalue weighted by atomic mass is 32.1. The number of nitrogens with one attached hydrogen (secondary N) is 1. The van der Waals surface area contributed by atoms with Gasteiger partial charge in [-0.1, -0.05) is 12.5 Å². The molecule has 0 aliphatic heterocycles. The molecule has 0 radical (unpaired) electrons. The number of thiophene rings is 1. The topological polar surface area (TPSA) is 61.7 Å². The molecule has 20 heavy (non-hydrogen) atoms. The van der Waals surface area contributed by atoms with Crippen LogP contribution in [0.2, 0.25) is 0 Å². The lowest BCUT2D eigenvalue weighted by atomic mass is 10.00. The molecule has 5 heteroatoms. The SMILES string of the molecule is OCC[C@@H]1CCC[C@H]1NC[C@H](O)COCc1cccs1. The first-order valence-corrected chi connectivity index (χ1v) is 8.30. The normalized spacial score (nSPS) is 24.1. The number of ether oxygens (including phenoxy) is 1. The number of rotatable bonds is 9. The van der Waals surface area contributed by atoms with Gasteiger partial charge < -0.3 is 20.3 Å². The van der Waals surface area contributed by atoms with E-state index in [1.807, 2.05) is 17.5 Å². The first-order chi connectivity index (χ1) is 9.79. The summed E-state index contributed by atoms with van der Waals surface area (Å²) in [6.07, 6.45) is 3.94. The lowest BCUT2D eigenvalue weighted by Crippen LogP contribution is -2.39. The van der Waals surface area contributed by atoms with Gasteiger partial charge in [0.15, 0.2) is 0 Å². The number of hydrogen-bond donors (Lipinski definition) is 3. The highest BCUT2D eigenvalue weighted by Crippen LogP contribution is 2.28. The summed E-state index contributed by atoms with van der Waals surface area (Å²) in [6.45, 7) is 1.76. The summed E-state index contributed by atoms with van der Waals surface area (Å²) in [5, 5.41) is 24.4. The Morgan fingerprint density at radius 2 is 2.35 bits per heavy atom. The fourth-order valence-electron chi connectivity index (χ4n) is 2.85. The third-order valence-electron chi connectivity index (χ3n) is 3.91. The molecule has 1 saturated carbocycles. The summed E-state index contributed by atoms with van der Waals surface area (Å²) < 4.78 is 5.51. The molecule has 0 spiro atoms. The Labute approximate surface area is 124 Å². The minimum Gasteiger partial charge on any atom is -0.396 e. The van der Waals surface area contributed by atoms with Crippen LogP contribution in [0, 0.1) is 5.92 Å². The van der Waals surface area contributed by atoms with Crippen LogP contribution in [0.25, 0.3) is 0 Å². The van der Waals surface area contributed by atoms with Gasteiger partial charge >= 0.3 is 0 Å². The van der Waals surface area contributed by atoms with E-state index < -0.39 is 6.10 Å². The van der Waals surface area contributed by atoms with Crippen molar-refractivity contribution in [1.82, 2.24) is 5.32 Å². The second-order valence-electron chi connectivity index (χ2n) is 5.47. The zero-order chi connectivity index (χ0) is 14.2. The molecule has 0 amide bonds. The molecule has 0 bridgehead atoms. The van der Waals surface area contributed by atoms with Crippen LogP contribution in [-0.4, -0.2) is 42.1 Å². The fraction of sp³-hybridized carbons (Fsp3) is 0.733. The maximum absolute atomic E-state index is 9.92. The maximum Gasteiger partial charge on any atom is 0.0897 e. The molecule has 1 aromatic heterocycles. The zero-order valence-corrected chi connectivity index (χ0v) is 12.6. The molecular weight excluding hydrogens is 274 g/mol. The van der Waals surface area contributed by atoms with Gasteiger partial charge in [0.1, 0.15) is 0 Å². The van der Waals surface area contributed by atoms with Crippen LogP contribution >= 0.6 is 11.3 Å². The van der Waals surface area contributed by atoms with Crippen LogP contribution in [0.15, 0.2) is 17.5 Å². The predicted molar refractivity (Wildman–Crippen MR) is 80.8 cm³/mol. The monoisotopic (exact) mass is 299 g/mol. The van der Waals surface area contributed by atoms with E-state index in [0.29, 0.717) is 31.7 Å². The molecule has 0 aromatic carbocycles. The average Bonchev–Trinajstić information content (AvgIpc) is 3.08. The summed E-state index contributed by atoms with van der Waals surface area (Å²) in [5.74, 6) is 0.555. The Kier molecular flexibility index (Phi) is 6.96. The van der Waals surface area contributed by atoms with Crippen molar-refractivity contribution in [2.45, 2.75) is 44.4 Å². The number of hydrogen-bond acceptors (Lipinski definition) is 5. The molecule has 2 rings (SSSR count). The molecule has 0 unspecified atom stereocenters. The summed E-state index contributed by atoms with van der Waals surface area (Å²) in [4.78, 5) is 1.18. The minimum atomic E-state index is -0.467. The van der Waals surface area contributed by atoms with Crippen LogP contribution in [0.3, 0.4) is 0 Å². The van der Waals surface area contributed by atoms with Gasteiger partial charge in [-0.3, -0.25) is 0 Å². The molecule has 3 N–H and O–H groups in total. The van der Waals surface area contributed by atoms with Gasteiger partial charge in [-0.05, 0) is 36.6 Å². The maximum atomic E-state index is 9.92. The van der Waals surface area contributed by atoms with Crippen molar-refractivity contribution in [3.63, 3.8) is 0 Å². The molecule has 0 saturated heterocycles. The van der Waals surface area contributed by atoms with Gasteiger partial charge in [0.2, 0.25) is 0 Å². The van der Waals surface area contributed by atoms with Gasteiger partial charge in [-0.15, -0.1) is 11.3 Å². The lowest BCUT2D eigenvalue weighted by Gasteiger charge is -2.22. The highest BCUT2D eigenvalue weighted by molar-refractivity contribution is 7.09. The van der Waals surface area contributed by atoms with Crippen molar-refractivity contribution < 1.29 is 14.9 Å². The third-order valence-corrected chi connectivity index (χ3v) is 4.76.